The van der Waals surface area contributed by atoms with E-state index in [0.29, 0.717) is 18.1 Å². The van der Waals surface area contributed by atoms with Crippen LogP contribution < -0.4 is 5.32 Å². The molecule has 0 aliphatic carbocycles. The highest BCUT2D eigenvalue weighted by Gasteiger charge is 2.12. The highest BCUT2D eigenvalue weighted by atomic mass is 16.5. The Morgan fingerprint density at radius 3 is 2.88 bits per heavy atom. The van der Waals surface area contributed by atoms with Crippen molar-refractivity contribution in [2.24, 2.45) is 5.92 Å². The number of nitrogens with one attached hydrogen (secondary N) is 1. The summed E-state index contributed by atoms with van der Waals surface area (Å²) in [6.45, 7) is 1.41. The zero-order chi connectivity index (χ0) is 11.2. The van der Waals surface area contributed by atoms with Gasteiger partial charge in [0.25, 0.3) is 0 Å². The first-order valence-corrected chi connectivity index (χ1v) is 5.48. The van der Waals surface area contributed by atoms with Crippen molar-refractivity contribution < 1.29 is 9.53 Å². The van der Waals surface area contributed by atoms with Crippen LogP contribution in [0.1, 0.15) is 16.8 Å². The number of hydrogen-bond donors (Lipinski definition) is 1. The molecule has 1 N–H and O–H groups in total. The summed E-state index contributed by atoms with van der Waals surface area (Å²) in [7, 11) is 0. The average molecular weight is 217 g/mol. The molecule has 0 spiro atoms. The maximum Gasteiger partial charge on any atom is 0.338 e. The van der Waals surface area contributed by atoms with Gasteiger partial charge in [-0.25, -0.2) is 4.79 Å². The number of ether oxygens (including phenoxy) is 1. The fraction of sp³-hybridized carbons (Fsp3) is 0.308. The number of hydrogen-bond acceptors (Lipinski definition) is 3. The van der Waals surface area contributed by atoms with Crippen molar-refractivity contribution in [1.29, 1.82) is 0 Å². The van der Waals surface area contributed by atoms with Gasteiger partial charge >= 0.3 is 5.97 Å². The zero-order valence-electron chi connectivity index (χ0n) is 9.06. The first-order chi connectivity index (χ1) is 7.86. The number of carbonyl (C=O) groups is 1. The molecule has 3 nitrogen and oxygen atoms in total. The molecule has 1 heterocycles. The first kappa shape index (κ1) is 10.7. The Morgan fingerprint density at radius 1 is 1.38 bits per heavy atom. The van der Waals surface area contributed by atoms with E-state index in [0.717, 1.165) is 13.0 Å². The number of rotatable bonds is 3. The molecule has 1 atom stereocenters. The van der Waals surface area contributed by atoms with Gasteiger partial charge in [-0.1, -0.05) is 24.3 Å². The van der Waals surface area contributed by atoms with Crippen molar-refractivity contribution in [2.75, 3.05) is 13.2 Å². The Bertz CT molecular complexity index is 373. The van der Waals surface area contributed by atoms with Gasteiger partial charge in [-0.2, -0.15) is 0 Å². The molecular formula is C13H15NO2. The van der Waals surface area contributed by atoms with E-state index in [1.54, 1.807) is 12.1 Å². The van der Waals surface area contributed by atoms with Crippen LogP contribution in [0.3, 0.4) is 0 Å². The summed E-state index contributed by atoms with van der Waals surface area (Å²) in [5, 5.41) is 3.11. The Balaban J connectivity index is 1.84. The average Bonchev–Trinajstić information content (AvgIpc) is 2.38. The summed E-state index contributed by atoms with van der Waals surface area (Å²) in [6.07, 6.45) is 4.98. The fourth-order valence-electron chi connectivity index (χ4n) is 1.63. The lowest BCUT2D eigenvalue weighted by molar-refractivity contribution is 0.0458. The van der Waals surface area contributed by atoms with E-state index in [4.69, 9.17) is 4.74 Å². The van der Waals surface area contributed by atoms with E-state index in [-0.39, 0.29) is 5.97 Å². The molecule has 0 saturated heterocycles. The third kappa shape index (κ3) is 2.86. The van der Waals surface area contributed by atoms with Crippen LogP contribution in [0.4, 0.5) is 0 Å². The van der Waals surface area contributed by atoms with Gasteiger partial charge in [0.1, 0.15) is 0 Å². The van der Waals surface area contributed by atoms with Gasteiger partial charge in [-0.3, -0.25) is 0 Å². The molecule has 3 heteroatoms. The quantitative estimate of drug-likeness (QED) is 0.787. The fourth-order valence-corrected chi connectivity index (χ4v) is 1.63. The maximum atomic E-state index is 11.6. The Kier molecular flexibility index (Phi) is 3.59. The SMILES string of the molecule is O=C(OCC1C=CNCC1)c1ccccc1. The van der Waals surface area contributed by atoms with Gasteiger partial charge < -0.3 is 10.1 Å². The molecule has 1 aromatic rings. The molecule has 0 radical (unpaired) electrons. The summed E-state index contributed by atoms with van der Waals surface area (Å²) >= 11 is 0. The molecule has 1 aromatic carbocycles. The van der Waals surface area contributed by atoms with Crippen LogP contribution in [0, 0.1) is 5.92 Å². The molecule has 1 unspecified atom stereocenters. The van der Waals surface area contributed by atoms with E-state index >= 15 is 0 Å². The van der Waals surface area contributed by atoms with Crippen molar-refractivity contribution in [3.05, 3.63) is 48.2 Å². The van der Waals surface area contributed by atoms with Crippen LogP contribution in [0.5, 0.6) is 0 Å². The van der Waals surface area contributed by atoms with Crippen LogP contribution in [-0.2, 0) is 4.74 Å². The largest absolute Gasteiger partial charge is 0.461 e. The maximum absolute atomic E-state index is 11.6. The van der Waals surface area contributed by atoms with Crippen LogP contribution in [-0.4, -0.2) is 19.1 Å². The van der Waals surface area contributed by atoms with E-state index in [9.17, 15) is 4.79 Å². The Hall–Kier alpha value is -1.77. The first-order valence-electron chi connectivity index (χ1n) is 5.48. The lowest BCUT2D eigenvalue weighted by atomic mass is 10.1. The Morgan fingerprint density at radius 2 is 2.19 bits per heavy atom. The number of esters is 1. The molecule has 2 rings (SSSR count). The van der Waals surface area contributed by atoms with Gasteiger partial charge in [0.05, 0.1) is 12.2 Å². The van der Waals surface area contributed by atoms with Gasteiger partial charge in [0.2, 0.25) is 0 Å². The predicted molar refractivity (Wildman–Crippen MR) is 62.0 cm³/mol. The summed E-state index contributed by atoms with van der Waals surface area (Å²) in [4.78, 5) is 11.6. The number of benzene rings is 1. The molecule has 0 amide bonds. The van der Waals surface area contributed by atoms with E-state index in [2.05, 4.69) is 5.32 Å². The van der Waals surface area contributed by atoms with Crippen molar-refractivity contribution in [3.8, 4) is 0 Å². The molecular weight excluding hydrogens is 202 g/mol. The normalized spacial score (nSPS) is 18.9. The van der Waals surface area contributed by atoms with Crippen molar-refractivity contribution >= 4 is 5.97 Å². The van der Waals surface area contributed by atoms with E-state index in [1.807, 2.05) is 30.5 Å². The van der Waals surface area contributed by atoms with Crippen LogP contribution >= 0.6 is 0 Å². The van der Waals surface area contributed by atoms with E-state index in [1.165, 1.54) is 0 Å². The lowest BCUT2D eigenvalue weighted by Crippen LogP contribution is -2.21. The summed E-state index contributed by atoms with van der Waals surface area (Å²) in [6, 6.07) is 9.08. The summed E-state index contributed by atoms with van der Waals surface area (Å²) < 4.78 is 5.25. The molecule has 1 aliphatic heterocycles. The van der Waals surface area contributed by atoms with Gasteiger partial charge in [0.15, 0.2) is 0 Å². The van der Waals surface area contributed by atoms with Crippen molar-refractivity contribution in [2.45, 2.75) is 6.42 Å². The summed E-state index contributed by atoms with van der Waals surface area (Å²) in [5.74, 6) is 0.0986. The second-order valence-electron chi connectivity index (χ2n) is 3.83. The van der Waals surface area contributed by atoms with Crippen LogP contribution in [0.25, 0.3) is 0 Å². The monoisotopic (exact) mass is 217 g/mol. The lowest BCUT2D eigenvalue weighted by Gasteiger charge is -2.17. The highest BCUT2D eigenvalue weighted by molar-refractivity contribution is 5.89. The molecule has 0 bridgehead atoms. The van der Waals surface area contributed by atoms with Crippen molar-refractivity contribution in [1.82, 2.24) is 5.32 Å². The molecule has 16 heavy (non-hydrogen) atoms. The zero-order valence-corrected chi connectivity index (χ0v) is 9.06. The minimum absolute atomic E-state index is 0.243. The van der Waals surface area contributed by atoms with Crippen LogP contribution in [0.15, 0.2) is 42.6 Å². The van der Waals surface area contributed by atoms with E-state index < -0.39 is 0 Å². The third-order valence-electron chi connectivity index (χ3n) is 2.58. The second-order valence-corrected chi connectivity index (χ2v) is 3.83. The topological polar surface area (TPSA) is 38.3 Å². The Labute approximate surface area is 95.1 Å². The van der Waals surface area contributed by atoms with Gasteiger partial charge in [-0.15, -0.1) is 0 Å². The van der Waals surface area contributed by atoms with Gasteiger partial charge in [0, 0.05) is 12.5 Å². The summed E-state index contributed by atoms with van der Waals surface area (Å²) in [5.41, 5.74) is 0.611. The smallest absolute Gasteiger partial charge is 0.338 e. The molecule has 0 aromatic heterocycles. The molecule has 0 saturated carbocycles. The minimum atomic E-state index is -0.243. The predicted octanol–water partition coefficient (Wildman–Crippen LogP) is 1.97. The third-order valence-corrected chi connectivity index (χ3v) is 2.58. The standard InChI is InChI=1S/C13H15NO2/c15-13(12-4-2-1-3-5-12)16-10-11-6-8-14-9-7-11/h1-6,8,11,14H,7,9-10H2. The molecule has 84 valence electrons. The van der Waals surface area contributed by atoms with Gasteiger partial charge in [-0.05, 0) is 24.8 Å². The number of carbonyl (C=O) groups excluding carboxylic acids is 1. The highest BCUT2D eigenvalue weighted by Crippen LogP contribution is 2.10. The molecule has 0 fully saturated rings. The molecule has 1 aliphatic rings. The van der Waals surface area contributed by atoms with Crippen molar-refractivity contribution in [3.63, 3.8) is 0 Å². The van der Waals surface area contributed by atoms with Crippen LogP contribution in [0.2, 0.25) is 0 Å². The second kappa shape index (κ2) is 5.35. The minimum Gasteiger partial charge on any atom is -0.461 e.